The highest BCUT2D eigenvalue weighted by Crippen LogP contribution is 2.21. The van der Waals surface area contributed by atoms with Crippen LogP contribution in [0.25, 0.3) is 17.1 Å². The molecule has 0 spiro atoms. The Labute approximate surface area is 141 Å². The van der Waals surface area contributed by atoms with Gasteiger partial charge in [0.25, 0.3) is 0 Å². The molecule has 0 saturated heterocycles. The Morgan fingerprint density at radius 3 is 2.42 bits per heavy atom. The lowest BCUT2D eigenvalue weighted by Crippen LogP contribution is -2.10. The molecule has 4 heteroatoms. The lowest BCUT2D eigenvalue weighted by molar-refractivity contribution is -0.111. The summed E-state index contributed by atoms with van der Waals surface area (Å²) in [7, 11) is 0. The topological polar surface area (TPSA) is 54.9 Å². The summed E-state index contributed by atoms with van der Waals surface area (Å²) in [5.74, 6) is -0.181. The van der Waals surface area contributed by atoms with Crippen LogP contribution in [-0.4, -0.2) is 15.9 Å². The maximum Gasteiger partial charge on any atom is 0.248 e. The quantitative estimate of drug-likeness (QED) is 0.736. The fourth-order valence-corrected chi connectivity index (χ4v) is 2.75. The number of nitrogens with zero attached hydrogens (tertiary/aromatic N) is 2. The number of benzene rings is 2. The highest BCUT2D eigenvalue weighted by atomic mass is 16.1. The summed E-state index contributed by atoms with van der Waals surface area (Å²) in [6.45, 7) is 6.03. The van der Waals surface area contributed by atoms with Crippen LogP contribution in [0.5, 0.6) is 0 Å². The van der Waals surface area contributed by atoms with Crippen molar-refractivity contribution in [1.29, 1.82) is 0 Å². The number of amides is 1. The van der Waals surface area contributed by atoms with Gasteiger partial charge in [-0.25, -0.2) is 4.98 Å². The van der Waals surface area contributed by atoms with Crippen molar-refractivity contribution in [3.05, 3.63) is 71.1 Å². The Hall–Kier alpha value is -3.01. The summed E-state index contributed by atoms with van der Waals surface area (Å²) < 4.78 is 0. The largest absolute Gasteiger partial charge is 0.322 e. The third-order valence-electron chi connectivity index (χ3n) is 3.80. The molecule has 2 aromatic carbocycles. The van der Waals surface area contributed by atoms with Crippen molar-refractivity contribution in [3.8, 4) is 0 Å². The minimum atomic E-state index is -0.181. The van der Waals surface area contributed by atoms with Gasteiger partial charge in [-0.3, -0.25) is 9.78 Å². The molecule has 0 unspecified atom stereocenters. The maximum atomic E-state index is 12.2. The molecule has 0 atom stereocenters. The molecule has 0 saturated carbocycles. The molecule has 1 aromatic heterocycles. The molecule has 0 fully saturated rings. The molecule has 0 aliphatic heterocycles. The molecule has 0 aliphatic rings. The Kier molecular flexibility index (Phi) is 4.38. The fourth-order valence-electron chi connectivity index (χ4n) is 2.75. The van der Waals surface area contributed by atoms with Crippen molar-refractivity contribution in [2.45, 2.75) is 20.8 Å². The van der Waals surface area contributed by atoms with Crippen molar-refractivity contribution < 1.29 is 4.79 Å². The van der Waals surface area contributed by atoms with Crippen molar-refractivity contribution in [2.24, 2.45) is 0 Å². The van der Waals surface area contributed by atoms with Gasteiger partial charge in [-0.1, -0.05) is 29.8 Å². The average Bonchev–Trinajstić information content (AvgIpc) is 2.56. The summed E-state index contributed by atoms with van der Waals surface area (Å²) in [5.41, 5.74) is 6.46. The van der Waals surface area contributed by atoms with E-state index in [0.717, 1.165) is 27.8 Å². The second kappa shape index (κ2) is 6.62. The number of hydrogen-bond acceptors (Lipinski definition) is 3. The second-order valence-corrected chi connectivity index (χ2v) is 5.88. The number of carbonyl (C=O) groups is 1. The monoisotopic (exact) mass is 317 g/mol. The summed E-state index contributed by atoms with van der Waals surface area (Å²) in [4.78, 5) is 21.0. The Morgan fingerprint density at radius 1 is 1.04 bits per heavy atom. The standard InChI is InChI=1S/C20H19N3O/c1-13-10-14(2)20(15(3)11-13)23-19(24)9-8-16-12-21-17-6-4-5-7-18(17)22-16/h4-12H,1-3H3,(H,23,24)/b9-8+. The number of rotatable bonds is 3. The van der Waals surface area contributed by atoms with Crippen molar-refractivity contribution >= 4 is 28.7 Å². The summed E-state index contributed by atoms with van der Waals surface area (Å²) in [6, 6.07) is 11.8. The van der Waals surface area contributed by atoms with Gasteiger partial charge in [0.1, 0.15) is 0 Å². The molecule has 4 nitrogen and oxygen atoms in total. The summed E-state index contributed by atoms with van der Waals surface area (Å²) in [6.07, 6.45) is 4.82. The zero-order valence-electron chi connectivity index (χ0n) is 14.0. The van der Waals surface area contributed by atoms with Gasteiger partial charge in [0.05, 0.1) is 22.9 Å². The molecule has 1 amide bonds. The third-order valence-corrected chi connectivity index (χ3v) is 3.80. The zero-order valence-corrected chi connectivity index (χ0v) is 14.0. The van der Waals surface area contributed by atoms with E-state index in [9.17, 15) is 4.79 Å². The fraction of sp³-hybridized carbons (Fsp3) is 0.150. The Bertz CT molecular complexity index is 922. The number of aryl methyl sites for hydroxylation is 3. The number of anilines is 1. The van der Waals surface area contributed by atoms with Crippen LogP contribution in [0.4, 0.5) is 5.69 Å². The van der Waals surface area contributed by atoms with E-state index in [4.69, 9.17) is 0 Å². The highest BCUT2D eigenvalue weighted by Gasteiger charge is 2.06. The van der Waals surface area contributed by atoms with E-state index < -0.39 is 0 Å². The molecule has 0 aliphatic carbocycles. The Morgan fingerprint density at radius 2 is 1.71 bits per heavy atom. The predicted molar refractivity (Wildman–Crippen MR) is 97.9 cm³/mol. The minimum absolute atomic E-state index is 0.181. The smallest absolute Gasteiger partial charge is 0.248 e. The molecule has 3 rings (SSSR count). The molecule has 0 radical (unpaired) electrons. The van der Waals surface area contributed by atoms with Crippen LogP contribution < -0.4 is 5.32 Å². The number of carbonyl (C=O) groups excluding carboxylic acids is 1. The first-order valence-corrected chi connectivity index (χ1v) is 7.81. The van der Waals surface area contributed by atoms with E-state index >= 15 is 0 Å². The number of aromatic nitrogens is 2. The van der Waals surface area contributed by atoms with Gasteiger partial charge in [-0.05, 0) is 50.1 Å². The Balaban J connectivity index is 1.77. The predicted octanol–water partition coefficient (Wildman–Crippen LogP) is 4.21. The van der Waals surface area contributed by atoms with Crippen LogP contribution in [0.2, 0.25) is 0 Å². The van der Waals surface area contributed by atoms with Crippen LogP contribution in [0.1, 0.15) is 22.4 Å². The number of nitrogens with one attached hydrogen (secondary N) is 1. The lowest BCUT2D eigenvalue weighted by Gasteiger charge is -2.11. The van der Waals surface area contributed by atoms with Crippen molar-refractivity contribution in [2.75, 3.05) is 5.32 Å². The summed E-state index contributed by atoms with van der Waals surface area (Å²) >= 11 is 0. The van der Waals surface area contributed by atoms with Crippen LogP contribution >= 0.6 is 0 Å². The molecule has 120 valence electrons. The number of hydrogen-bond donors (Lipinski definition) is 1. The van der Waals surface area contributed by atoms with Crippen molar-refractivity contribution in [1.82, 2.24) is 9.97 Å². The highest BCUT2D eigenvalue weighted by molar-refractivity contribution is 6.02. The minimum Gasteiger partial charge on any atom is -0.322 e. The zero-order chi connectivity index (χ0) is 17.1. The molecular weight excluding hydrogens is 298 g/mol. The van der Waals surface area contributed by atoms with Gasteiger partial charge in [0.15, 0.2) is 0 Å². The maximum absolute atomic E-state index is 12.2. The normalized spacial score (nSPS) is 11.1. The molecular formula is C20H19N3O. The van der Waals surface area contributed by atoms with E-state index in [1.165, 1.54) is 11.6 Å². The van der Waals surface area contributed by atoms with Crippen LogP contribution in [0.15, 0.2) is 48.7 Å². The van der Waals surface area contributed by atoms with Gasteiger partial charge < -0.3 is 5.32 Å². The van der Waals surface area contributed by atoms with Crippen LogP contribution in [0.3, 0.4) is 0 Å². The van der Waals surface area contributed by atoms with Crippen LogP contribution in [0, 0.1) is 20.8 Å². The SMILES string of the molecule is Cc1cc(C)c(NC(=O)/C=C/c2cnc3ccccc3n2)c(C)c1. The third kappa shape index (κ3) is 3.49. The number of fused-ring (bicyclic) bond motifs is 1. The van der Waals surface area contributed by atoms with E-state index in [1.54, 1.807) is 12.3 Å². The van der Waals surface area contributed by atoms with Gasteiger partial charge in [-0.2, -0.15) is 0 Å². The van der Waals surface area contributed by atoms with E-state index in [2.05, 4.69) is 27.4 Å². The van der Waals surface area contributed by atoms with Gasteiger partial charge in [0.2, 0.25) is 5.91 Å². The first-order valence-electron chi connectivity index (χ1n) is 7.81. The first kappa shape index (κ1) is 15.9. The van der Waals surface area contributed by atoms with E-state index in [-0.39, 0.29) is 5.91 Å². The molecule has 1 heterocycles. The van der Waals surface area contributed by atoms with Crippen LogP contribution in [-0.2, 0) is 4.79 Å². The van der Waals surface area contributed by atoms with E-state index in [0.29, 0.717) is 5.69 Å². The lowest BCUT2D eigenvalue weighted by atomic mass is 10.1. The second-order valence-electron chi connectivity index (χ2n) is 5.88. The molecule has 1 N–H and O–H groups in total. The number of para-hydroxylation sites is 2. The molecule has 24 heavy (non-hydrogen) atoms. The first-order chi connectivity index (χ1) is 11.5. The van der Waals surface area contributed by atoms with Crippen molar-refractivity contribution in [3.63, 3.8) is 0 Å². The van der Waals surface area contributed by atoms with Gasteiger partial charge in [0, 0.05) is 11.8 Å². The van der Waals surface area contributed by atoms with Gasteiger partial charge in [-0.15, -0.1) is 0 Å². The molecule has 0 bridgehead atoms. The van der Waals surface area contributed by atoms with Gasteiger partial charge >= 0.3 is 0 Å². The van der Waals surface area contributed by atoms with E-state index in [1.807, 2.05) is 45.0 Å². The average molecular weight is 317 g/mol. The molecule has 3 aromatic rings. The summed E-state index contributed by atoms with van der Waals surface area (Å²) in [5, 5.41) is 2.94.